The van der Waals surface area contributed by atoms with Crippen LogP contribution in [0.5, 0.6) is 0 Å². The zero-order valence-corrected chi connectivity index (χ0v) is 13.1. The van der Waals surface area contributed by atoms with E-state index >= 15 is 0 Å². The number of carbonyl (C=O) groups excluding carboxylic acids is 1. The third-order valence-corrected chi connectivity index (χ3v) is 4.53. The number of nitrogen functional groups attached to an aromatic ring is 1. The largest absolute Gasteiger partial charge is 0.398 e. The number of anilines is 1. The summed E-state index contributed by atoms with van der Waals surface area (Å²) in [5, 5.41) is 0.553. The molecule has 4 heteroatoms. The molecule has 0 saturated carbocycles. The molecule has 3 rings (SSSR count). The molecule has 22 heavy (non-hydrogen) atoms. The number of halogens is 1. The summed E-state index contributed by atoms with van der Waals surface area (Å²) >= 11 is 5.89. The van der Waals surface area contributed by atoms with Crippen LogP contribution in [-0.2, 0) is 0 Å². The summed E-state index contributed by atoms with van der Waals surface area (Å²) in [5.41, 5.74) is 8.27. The van der Waals surface area contributed by atoms with E-state index in [1.54, 1.807) is 18.2 Å². The molecular formula is C18H19ClN2O. The molecule has 1 amide bonds. The first-order valence-corrected chi connectivity index (χ1v) is 7.92. The van der Waals surface area contributed by atoms with Gasteiger partial charge in [-0.05, 0) is 42.5 Å². The van der Waals surface area contributed by atoms with Crippen LogP contribution in [-0.4, -0.2) is 23.9 Å². The van der Waals surface area contributed by atoms with E-state index in [1.165, 1.54) is 5.56 Å². The van der Waals surface area contributed by atoms with Gasteiger partial charge in [0.15, 0.2) is 0 Å². The SMILES string of the molecule is Nc1cc(Cl)ccc1C(=O)N1CCC(c2ccccc2)CC1. The normalized spacial score (nSPS) is 15.8. The van der Waals surface area contributed by atoms with E-state index < -0.39 is 0 Å². The number of hydrogen-bond donors (Lipinski definition) is 1. The average Bonchev–Trinajstić information content (AvgIpc) is 2.55. The second-order valence-electron chi connectivity index (χ2n) is 5.71. The zero-order valence-electron chi connectivity index (χ0n) is 12.3. The Morgan fingerprint density at radius 2 is 1.77 bits per heavy atom. The molecule has 0 spiro atoms. The van der Waals surface area contributed by atoms with Gasteiger partial charge in [0.25, 0.3) is 5.91 Å². The zero-order chi connectivity index (χ0) is 15.5. The van der Waals surface area contributed by atoms with Crippen molar-refractivity contribution < 1.29 is 4.79 Å². The second-order valence-corrected chi connectivity index (χ2v) is 6.15. The maximum atomic E-state index is 12.6. The Bertz CT molecular complexity index is 664. The number of likely N-dealkylation sites (tertiary alicyclic amines) is 1. The van der Waals surface area contributed by atoms with E-state index in [2.05, 4.69) is 24.3 Å². The van der Waals surface area contributed by atoms with Gasteiger partial charge in [0.2, 0.25) is 0 Å². The highest BCUT2D eigenvalue weighted by atomic mass is 35.5. The minimum absolute atomic E-state index is 0.000628. The topological polar surface area (TPSA) is 46.3 Å². The predicted octanol–water partition coefficient (Wildman–Crippen LogP) is 3.94. The fourth-order valence-electron chi connectivity index (χ4n) is 3.04. The van der Waals surface area contributed by atoms with Crippen LogP contribution in [0.4, 0.5) is 5.69 Å². The summed E-state index contributed by atoms with van der Waals surface area (Å²) < 4.78 is 0. The van der Waals surface area contributed by atoms with Crippen LogP contribution < -0.4 is 5.73 Å². The van der Waals surface area contributed by atoms with Crippen molar-refractivity contribution in [2.45, 2.75) is 18.8 Å². The second kappa shape index (κ2) is 6.41. The van der Waals surface area contributed by atoms with Crippen molar-refractivity contribution in [2.24, 2.45) is 0 Å². The molecule has 0 atom stereocenters. The molecule has 1 aliphatic heterocycles. The molecule has 114 valence electrons. The van der Waals surface area contributed by atoms with Gasteiger partial charge in [0.1, 0.15) is 0 Å². The minimum Gasteiger partial charge on any atom is -0.398 e. The van der Waals surface area contributed by atoms with Crippen LogP contribution in [0, 0.1) is 0 Å². The van der Waals surface area contributed by atoms with E-state index in [0.29, 0.717) is 22.2 Å². The number of amides is 1. The summed E-state index contributed by atoms with van der Waals surface area (Å²) in [4.78, 5) is 14.5. The van der Waals surface area contributed by atoms with E-state index in [0.717, 1.165) is 25.9 Å². The molecule has 0 aliphatic carbocycles. The quantitative estimate of drug-likeness (QED) is 0.853. The lowest BCUT2D eigenvalue weighted by Crippen LogP contribution is -2.38. The van der Waals surface area contributed by atoms with Crippen LogP contribution in [0.15, 0.2) is 48.5 Å². The van der Waals surface area contributed by atoms with Crippen molar-refractivity contribution in [3.05, 3.63) is 64.7 Å². The first-order chi connectivity index (χ1) is 10.6. The molecule has 0 bridgehead atoms. The summed E-state index contributed by atoms with van der Waals surface area (Å²) in [6.07, 6.45) is 1.98. The maximum Gasteiger partial charge on any atom is 0.255 e. The summed E-state index contributed by atoms with van der Waals surface area (Å²) in [7, 11) is 0. The van der Waals surface area contributed by atoms with Crippen molar-refractivity contribution in [3.63, 3.8) is 0 Å². The number of nitrogens with zero attached hydrogens (tertiary/aromatic N) is 1. The monoisotopic (exact) mass is 314 g/mol. The van der Waals surface area contributed by atoms with Crippen molar-refractivity contribution in [3.8, 4) is 0 Å². The molecule has 1 aliphatic rings. The third-order valence-electron chi connectivity index (χ3n) is 4.30. The number of rotatable bonds is 2. The number of benzene rings is 2. The fraction of sp³-hybridized carbons (Fsp3) is 0.278. The first-order valence-electron chi connectivity index (χ1n) is 7.54. The molecule has 0 aromatic heterocycles. The van der Waals surface area contributed by atoms with E-state index in [1.807, 2.05) is 11.0 Å². The van der Waals surface area contributed by atoms with Gasteiger partial charge in [-0.25, -0.2) is 0 Å². The molecular weight excluding hydrogens is 296 g/mol. The maximum absolute atomic E-state index is 12.6. The van der Waals surface area contributed by atoms with Gasteiger partial charge in [-0.1, -0.05) is 41.9 Å². The number of hydrogen-bond acceptors (Lipinski definition) is 2. The Kier molecular flexibility index (Phi) is 4.34. The number of piperidine rings is 1. The molecule has 1 saturated heterocycles. The number of carbonyl (C=O) groups is 1. The van der Waals surface area contributed by atoms with Crippen molar-refractivity contribution in [1.29, 1.82) is 0 Å². The lowest BCUT2D eigenvalue weighted by molar-refractivity contribution is 0.0714. The third kappa shape index (κ3) is 3.09. The van der Waals surface area contributed by atoms with Gasteiger partial charge in [-0.15, -0.1) is 0 Å². The summed E-state index contributed by atoms with van der Waals surface area (Å²) in [6.45, 7) is 1.53. The van der Waals surface area contributed by atoms with Crippen molar-refractivity contribution >= 4 is 23.2 Å². The Hall–Kier alpha value is -2.00. The predicted molar refractivity (Wildman–Crippen MR) is 90.2 cm³/mol. The lowest BCUT2D eigenvalue weighted by atomic mass is 9.89. The molecule has 2 aromatic rings. The van der Waals surface area contributed by atoms with Crippen LogP contribution in [0.3, 0.4) is 0 Å². The van der Waals surface area contributed by atoms with Gasteiger partial charge in [0, 0.05) is 23.8 Å². The van der Waals surface area contributed by atoms with E-state index in [-0.39, 0.29) is 5.91 Å². The Labute approximate surface area is 135 Å². The van der Waals surface area contributed by atoms with Crippen LogP contribution in [0.1, 0.15) is 34.7 Å². The van der Waals surface area contributed by atoms with Crippen LogP contribution in [0.2, 0.25) is 5.02 Å². The lowest BCUT2D eigenvalue weighted by Gasteiger charge is -2.32. The molecule has 1 fully saturated rings. The van der Waals surface area contributed by atoms with Gasteiger partial charge in [-0.2, -0.15) is 0 Å². The molecule has 1 heterocycles. The smallest absolute Gasteiger partial charge is 0.255 e. The standard InChI is InChI=1S/C18H19ClN2O/c19-15-6-7-16(17(20)12-15)18(22)21-10-8-14(9-11-21)13-4-2-1-3-5-13/h1-7,12,14H,8-11,20H2. The van der Waals surface area contributed by atoms with Gasteiger partial charge < -0.3 is 10.6 Å². The summed E-state index contributed by atoms with van der Waals surface area (Å²) in [5.74, 6) is 0.536. The Morgan fingerprint density at radius 3 is 2.41 bits per heavy atom. The Morgan fingerprint density at radius 1 is 1.09 bits per heavy atom. The molecule has 2 aromatic carbocycles. The molecule has 2 N–H and O–H groups in total. The molecule has 3 nitrogen and oxygen atoms in total. The van der Waals surface area contributed by atoms with Gasteiger partial charge in [0.05, 0.1) is 5.56 Å². The van der Waals surface area contributed by atoms with Gasteiger partial charge >= 0.3 is 0 Å². The summed E-state index contributed by atoms with van der Waals surface area (Å²) in [6, 6.07) is 15.6. The highest BCUT2D eigenvalue weighted by Crippen LogP contribution is 2.29. The van der Waals surface area contributed by atoms with Crippen molar-refractivity contribution in [1.82, 2.24) is 4.90 Å². The van der Waals surface area contributed by atoms with Crippen LogP contribution in [0.25, 0.3) is 0 Å². The number of nitrogens with two attached hydrogens (primary N) is 1. The van der Waals surface area contributed by atoms with E-state index in [4.69, 9.17) is 17.3 Å². The van der Waals surface area contributed by atoms with Crippen LogP contribution >= 0.6 is 11.6 Å². The van der Waals surface area contributed by atoms with E-state index in [9.17, 15) is 4.79 Å². The fourth-order valence-corrected chi connectivity index (χ4v) is 3.22. The molecule has 0 radical (unpaired) electrons. The van der Waals surface area contributed by atoms with Gasteiger partial charge in [-0.3, -0.25) is 4.79 Å². The Balaban J connectivity index is 1.67. The minimum atomic E-state index is 0.000628. The van der Waals surface area contributed by atoms with Crippen molar-refractivity contribution in [2.75, 3.05) is 18.8 Å². The molecule has 0 unspecified atom stereocenters. The highest BCUT2D eigenvalue weighted by molar-refractivity contribution is 6.31. The first kappa shape index (κ1) is 14.9. The highest BCUT2D eigenvalue weighted by Gasteiger charge is 2.25. The average molecular weight is 315 g/mol.